The molecular weight excluding hydrogens is 656 g/mol. The Hall–Kier alpha value is -4.20. The highest BCUT2D eigenvalue weighted by atomic mass is 19.4. The number of hydrogen-bond donors (Lipinski definition) is 3. The van der Waals surface area contributed by atoms with E-state index >= 15 is 0 Å². The van der Waals surface area contributed by atoms with Crippen LogP contribution in [0.2, 0.25) is 0 Å². The van der Waals surface area contributed by atoms with Crippen LogP contribution >= 0.6 is 0 Å². The second kappa shape index (κ2) is 17.6. The Morgan fingerprint density at radius 2 is 1.68 bits per heavy atom. The van der Waals surface area contributed by atoms with E-state index in [1.807, 2.05) is 25.8 Å². The number of carbonyl (C=O) groups is 2. The lowest BCUT2D eigenvalue weighted by Gasteiger charge is -2.36. The molecule has 3 aromatic carbocycles. The Balaban J connectivity index is 1.56. The van der Waals surface area contributed by atoms with Crippen molar-refractivity contribution in [3.8, 4) is 5.75 Å². The quantitative estimate of drug-likeness (QED) is 0.211. The van der Waals surface area contributed by atoms with Crippen molar-refractivity contribution < 1.29 is 41.7 Å². The van der Waals surface area contributed by atoms with Crippen molar-refractivity contribution in [1.29, 1.82) is 0 Å². The van der Waals surface area contributed by atoms with E-state index in [1.54, 1.807) is 24.0 Å². The molecule has 0 bridgehead atoms. The zero-order valence-electron chi connectivity index (χ0n) is 28.8. The number of likely N-dealkylation sites (N-methyl/N-ethyl adjacent to an activating group) is 1. The number of anilines is 2. The topological polar surface area (TPSA) is 103 Å². The van der Waals surface area contributed by atoms with Gasteiger partial charge in [-0.1, -0.05) is 19.1 Å². The van der Waals surface area contributed by atoms with Crippen LogP contribution < -0.4 is 15.4 Å². The average Bonchev–Trinajstić information content (AvgIpc) is 3.07. The van der Waals surface area contributed by atoms with Gasteiger partial charge in [0, 0.05) is 43.5 Å². The summed E-state index contributed by atoms with van der Waals surface area (Å²) in [5, 5.41) is 15.6. The SMILES string of the molecule is C[C@H](CO)N1C[C@H](C)[C@@H](CN(C)Cc2ccc(C(F)(F)F)cc2)OCCCC[C@H](C)Oc2ccc(NC(=O)Nc3ccc(F)cc3)cc2C1=O. The Labute approximate surface area is 290 Å². The number of nitrogens with zero attached hydrogens (tertiary/aromatic N) is 2. The molecule has 0 aliphatic carbocycles. The lowest BCUT2D eigenvalue weighted by molar-refractivity contribution is -0.137. The molecule has 50 heavy (non-hydrogen) atoms. The van der Waals surface area contributed by atoms with Crippen molar-refractivity contribution in [2.45, 2.75) is 71.0 Å². The molecule has 1 aliphatic rings. The molecule has 3 aromatic rings. The summed E-state index contributed by atoms with van der Waals surface area (Å²) in [7, 11) is 1.87. The highest BCUT2D eigenvalue weighted by Crippen LogP contribution is 2.30. The highest BCUT2D eigenvalue weighted by Gasteiger charge is 2.32. The molecule has 272 valence electrons. The Kier molecular flexibility index (Phi) is 13.6. The molecule has 13 heteroatoms. The molecule has 0 fully saturated rings. The third kappa shape index (κ3) is 11.2. The van der Waals surface area contributed by atoms with Crippen LogP contribution in [0.25, 0.3) is 0 Å². The molecule has 0 saturated carbocycles. The van der Waals surface area contributed by atoms with Gasteiger partial charge in [-0.3, -0.25) is 9.69 Å². The number of halogens is 4. The van der Waals surface area contributed by atoms with Gasteiger partial charge in [-0.2, -0.15) is 13.2 Å². The number of urea groups is 1. The Bertz CT molecular complexity index is 1550. The number of nitrogens with one attached hydrogen (secondary N) is 2. The van der Waals surface area contributed by atoms with E-state index in [0.29, 0.717) is 43.2 Å². The predicted molar refractivity (Wildman–Crippen MR) is 184 cm³/mol. The maximum absolute atomic E-state index is 14.3. The fourth-order valence-corrected chi connectivity index (χ4v) is 5.77. The molecule has 0 spiro atoms. The summed E-state index contributed by atoms with van der Waals surface area (Å²) in [6, 6.07) is 14.0. The van der Waals surface area contributed by atoms with Crippen molar-refractivity contribution in [3.05, 3.63) is 89.2 Å². The number of hydrogen-bond acceptors (Lipinski definition) is 6. The van der Waals surface area contributed by atoms with Gasteiger partial charge < -0.3 is 30.1 Å². The molecule has 1 aliphatic heterocycles. The van der Waals surface area contributed by atoms with Gasteiger partial charge in [0.1, 0.15) is 11.6 Å². The number of carbonyl (C=O) groups excluding carboxylic acids is 2. The minimum absolute atomic E-state index is 0.206. The summed E-state index contributed by atoms with van der Waals surface area (Å²) in [5.74, 6) is -0.709. The van der Waals surface area contributed by atoms with E-state index in [-0.39, 0.29) is 36.8 Å². The first-order chi connectivity index (χ1) is 23.7. The van der Waals surface area contributed by atoms with Gasteiger partial charge in [0.2, 0.25) is 0 Å². The molecule has 0 unspecified atom stereocenters. The molecule has 1 heterocycles. The molecule has 4 atom stereocenters. The maximum Gasteiger partial charge on any atom is 0.416 e. The van der Waals surface area contributed by atoms with Crippen LogP contribution in [0.4, 0.5) is 33.7 Å². The summed E-state index contributed by atoms with van der Waals surface area (Å²) in [5.41, 5.74) is 0.935. The lowest BCUT2D eigenvalue weighted by atomic mass is 10.0. The summed E-state index contributed by atoms with van der Waals surface area (Å²) in [6.07, 6.45) is -2.70. The first-order valence-corrected chi connectivity index (χ1v) is 16.8. The van der Waals surface area contributed by atoms with Crippen molar-refractivity contribution >= 4 is 23.3 Å². The van der Waals surface area contributed by atoms with Crippen LogP contribution in [0, 0.1) is 11.7 Å². The van der Waals surface area contributed by atoms with Crippen LogP contribution in [0.1, 0.15) is 61.5 Å². The van der Waals surface area contributed by atoms with Gasteiger partial charge in [0.05, 0.1) is 36.0 Å². The molecule has 4 rings (SSSR count). The standard InChI is InChI=1S/C37H46F4N4O5/c1-24-20-45(25(2)23-46)35(47)32-19-31(43-36(48)42-30-14-12-29(38)13-15-30)16-17-33(32)50-26(3)7-5-6-18-49-34(24)22-44(4)21-27-8-10-28(11-9-27)37(39,40)41/h8-17,19,24-26,34,46H,5-7,18,20-23H2,1-4H3,(H2,42,43,48)/t24-,25+,26-,34+/m0/s1. The number of aliphatic hydroxyl groups excluding tert-OH is 1. The zero-order valence-corrected chi connectivity index (χ0v) is 28.8. The number of aliphatic hydroxyl groups is 1. The fourth-order valence-electron chi connectivity index (χ4n) is 5.77. The second-order valence-corrected chi connectivity index (χ2v) is 13.0. The zero-order chi connectivity index (χ0) is 36.4. The van der Waals surface area contributed by atoms with Crippen LogP contribution in [0.5, 0.6) is 5.75 Å². The van der Waals surface area contributed by atoms with Crippen molar-refractivity contribution in [2.75, 3.05) is 44.0 Å². The number of benzene rings is 3. The van der Waals surface area contributed by atoms with E-state index in [9.17, 15) is 32.3 Å². The van der Waals surface area contributed by atoms with Gasteiger partial charge in [-0.25, -0.2) is 9.18 Å². The van der Waals surface area contributed by atoms with Crippen LogP contribution in [0.3, 0.4) is 0 Å². The fraction of sp³-hybridized carbons (Fsp3) is 0.459. The highest BCUT2D eigenvalue weighted by molar-refractivity contribution is 6.02. The van der Waals surface area contributed by atoms with Gasteiger partial charge in [0.15, 0.2) is 0 Å². The van der Waals surface area contributed by atoms with E-state index < -0.39 is 35.5 Å². The summed E-state index contributed by atoms with van der Waals surface area (Å²) >= 11 is 0. The van der Waals surface area contributed by atoms with Crippen molar-refractivity contribution in [1.82, 2.24) is 9.80 Å². The third-order valence-electron chi connectivity index (χ3n) is 8.64. The minimum Gasteiger partial charge on any atom is -0.490 e. The van der Waals surface area contributed by atoms with Gasteiger partial charge in [-0.05, 0) is 100 Å². The van der Waals surface area contributed by atoms with Gasteiger partial charge in [-0.15, -0.1) is 0 Å². The predicted octanol–water partition coefficient (Wildman–Crippen LogP) is 7.42. The number of alkyl halides is 3. The number of fused-ring (bicyclic) bond motifs is 1. The monoisotopic (exact) mass is 702 g/mol. The minimum atomic E-state index is -4.41. The smallest absolute Gasteiger partial charge is 0.416 e. The normalized spacial score (nSPS) is 20.0. The Morgan fingerprint density at radius 1 is 1.02 bits per heavy atom. The maximum atomic E-state index is 14.3. The largest absolute Gasteiger partial charge is 0.490 e. The van der Waals surface area contributed by atoms with Gasteiger partial charge >= 0.3 is 12.2 Å². The summed E-state index contributed by atoms with van der Waals surface area (Å²) < 4.78 is 65.1. The third-order valence-corrected chi connectivity index (χ3v) is 8.64. The number of ether oxygens (including phenoxy) is 2. The van der Waals surface area contributed by atoms with Crippen LogP contribution in [-0.2, 0) is 17.5 Å². The Morgan fingerprint density at radius 3 is 2.34 bits per heavy atom. The van der Waals surface area contributed by atoms with E-state index in [2.05, 4.69) is 10.6 Å². The first kappa shape index (κ1) is 38.6. The van der Waals surface area contributed by atoms with Crippen LogP contribution in [-0.4, -0.2) is 78.4 Å². The number of rotatable bonds is 8. The van der Waals surface area contributed by atoms with Crippen molar-refractivity contribution in [2.24, 2.45) is 5.92 Å². The average molecular weight is 703 g/mol. The van der Waals surface area contributed by atoms with Crippen LogP contribution in [0.15, 0.2) is 66.7 Å². The second-order valence-electron chi connectivity index (χ2n) is 13.0. The lowest BCUT2D eigenvalue weighted by Crippen LogP contribution is -2.47. The molecular formula is C37H46F4N4O5. The molecule has 0 radical (unpaired) electrons. The molecule has 3 amide bonds. The number of amides is 3. The molecule has 3 N–H and O–H groups in total. The van der Waals surface area contributed by atoms with Gasteiger partial charge in [0.25, 0.3) is 5.91 Å². The van der Waals surface area contributed by atoms with E-state index in [1.165, 1.54) is 42.5 Å². The molecule has 0 saturated heterocycles. The van der Waals surface area contributed by atoms with E-state index in [4.69, 9.17) is 9.47 Å². The molecule has 0 aromatic heterocycles. The first-order valence-electron chi connectivity index (χ1n) is 16.8. The summed E-state index contributed by atoms with van der Waals surface area (Å²) in [6.45, 7) is 6.85. The van der Waals surface area contributed by atoms with E-state index in [0.717, 1.165) is 30.5 Å². The molecule has 9 nitrogen and oxygen atoms in total. The van der Waals surface area contributed by atoms with Crippen molar-refractivity contribution in [3.63, 3.8) is 0 Å². The summed E-state index contributed by atoms with van der Waals surface area (Å²) in [4.78, 5) is 30.6.